The third-order valence-electron chi connectivity index (χ3n) is 1.79. The summed E-state index contributed by atoms with van der Waals surface area (Å²) in [5, 5.41) is 3.08. The number of hydrogen-bond donors (Lipinski definition) is 2. The summed E-state index contributed by atoms with van der Waals surface area (Å²) in [6, 6.07) is 6.35. The molecule has 1 aromatic carbocycles. The van der Waals surface area contributed by atoms with E-state index in [2.05, 4.69) is 10.0 Å². The molecule has 0 aliphatic heterocycles. The monoisotopic (exact) mass is 248 g/mol. The molecule has 1 rings (SSSR count). The Kier molecular flexibility index (Phi) is 4.53. The van der Waals surface area contributed by atoms with Gasteiger partial charge in [0.15, 0.2) is 0 Å². The van der Waals surface area contributed by atoms with Crippen molar-refractivity contribution in [3.8, 4) is 0 Å². The highest BCUT2D eigenvalue weighted by molar-refractivity contribution is 7.89. The lowest BCUT2D eigenvalue weighted by Gasteiger charge is -2.07. The molecule has 0 fully saturated rings. The number of likely N-dealkylation sites (N-methyl/N-ethyl adjacent to an activating group) is 1. The van der Waals surface area contributed by atoms with Gasteiger partial charge in [-0.25, -0.2) is 13.1 Å². The van der Waals surface area contributed by atoms with Gasteiger partial charge in [-0.15, -0.1) is 0 Å². The van der Waals surface area contributed by atoms with Crippen LogP contribution in [0.1, 0.15) is 0 Å². The minimum Gasteiger partial charge on any atom is -0.318 e. The van der Waals surface area contributed by atoms with Crippen LogP contribution in [0, 0.1) is 0 Å². The molecule has 1 aromatic rings. The summed E-state index contributed by atoms with van der Waals surface area (Å²) in [4.78, 5) is 0.114. The maximum Gasteiger partial charge on any atom is 0.242 e. The molecule has 0 unspecified atom stereocenters. The Bertz CT molecular complexity index is 420. The molecule has 0 heterocycles. The quantitative estimate of drug-likeness (QED) is 0.760. The van der Waals surface area contributed by atoms with Crippen molar-refractivity contribution >= 4 is 21.6 Å². The third-order valence-corrected chi connectivity index (χ3v) is 3.75. The largest absolute Gasteiger partial charge is 0.318 e. The predicted molar refractivity (Wildman–Crippen MR) is 60.6 cm³/mol. The standard InChI is InChI=1S/C9H13ClN2O2S/c1-11-6-7-12-15(13,14)9-5-3-2-4-8(9)10/h2-5,11-12H,6-7H2,1H3. The van der Waals surface area contributed by atoms with Gasteiger partial charge in [-0.1, -0.05) is 23.7 Å². The molecule has 0 aliphatic carbocycles. The van der Waals surface area contributed by atoms with Crippen LogP contribution in [0.2, 0.25) is 5.02 Å². The highest BCUT2D eigenvalue weighted by atomic mass is 35.5. The molecule has 0 aromatic heterocycles. The van der Waals surface area contributed by atoms with Gasteiger partial charge in [0.1, 0.15) is 4.90 Å². The van der Waals surface area contributed by atoms with E-state index >= 15 is 0 Å². The van der Waals surface area contributed by atoms with Crippen LogP contribution in [-0.4, -0.2) is 28.6 Å². The van der Waals surface area contributed by atoms with Crippen LogP contribution < -0.4 is 10.0 Å². The van der Waals surface area contributed by atoms with Crippen molar-refractivity contribution in [3.63, 3.8) is 0 Å². The average Bonchev–Trinajstić information content (AvgIpc) is 2.18. The zero-order valence-corrected chi connectivity index (χ0v) is 9.90. The van der Waals surface area contributed by atoms with Crippen molar-refractivity contribution in [3.05, 3.63) is 29.3 Å². The Balaban J connectivity index is 2.83. The fourth-order valence-corrected chi connectivity index (χ4v) is 2.60. The maximum atomic E-state index is 11.7. The number of benzene rings is 1. The van der Waals surface area contributed by atoms with Gasteiger partial charge in [0.25, 0.3) is 0 Å². The molecule has 6 heteroatoms. The minimum atomic E-state index is -3.49. The fourth-order valence-electron chi connectivity index (χ4n) is 1.05. The molecule has 2 N–H and O–H groups in total. The number of hydrogen-bond acceptors (Lipinski definition) is 3. The number of rotatable bonds is 5. The Morgan fingerprint density at radius 3 is 2.53 bits per heavy atom. The van der Waals surface area contributed by atoms with Gasteiger partial charge in [0, 0.05) is 13.1 Å². The summed E-state index contributed by atoms with van der Waals surface area (Å²) < 4.78 is 25.9. The lowest BCUT2D eigenvalue weighted by molar-refractivity contribution is 0.579. The summed E-state index contributed by atoms with van der Waals surface area (Å²) in [6.45, 7) is 0.910. The molecule has 0 spiro atoms. The number of sulfonamides is 1. The SMILES string of the molecule is CNCCNS(=O)(=O)c1ccccc1Cl. The molecule has 0 bridgehead atoms. The Morgan fingerprint density at radius 1 is 1.27 bits per heavy atom. The van der Waals surface area contributed by atoms with Crippen LogP contribution >= 0.6 is 11.6 Å². The second-order valence-electron chi connectivity index (χ2n) is 2.93. The molecule has 0 saturated carbocycles. The van der Waals surface area contributed by atoms with E-state index in [4.69, 9.17) is 11.6 Å². The Labute approximate surface area is 94.7 Å². The van der Waals surface area contributed by atoms with Crippen molar-refractivity contribution in [2.75, 3.05) is 20.1 Å². The Hall–Kier alpha value is -0.620. The van der Waals surface area contributed by atoms with Gasteiger partial charge < -0.3 is 5.32 Å². The van der Waals surface area contributed by atoms with Crippen LogP contribution in [0.25, 0.3) is 0 Å². The normalized spacial score (nSPS) is 11.6. The fraction of sp³-hybridized carbons (Fsp3) is 0.333. The average molecular weight is 249 g/mol. The zero-order chi connectivity index (χ0) is 11.3. The minimum absolute atomic E-state index is 0.114. The van der Waals surface area contributed by atoms with Crippen molar-refractivity contribution < 1.29 is 8.42 Å². The molecule has 0 aliphatic rings. The first kappa shape index (κ1) is 12.4. The van der Waals surface area contributed by atoms with Crippen molar-refractivity contribution in [2.45, 2.75) is 4.90 Å². The van der Waals surface area contributed by atoms with E-state index < -0.39 is 10.0 Å². The van der Waals surface area contributed by atoms with E-state index in [1.54, 1.807) is 25.2 Å². The molecule has 4 nitrogen and oxygen atoms in total. The van der Waals surface area contributed by atoms with E-state index in [9.17, 15) is 8.42 Å². The van der Waals surface area contributed by atoms with Gasteiger partial charge >= 0.3 is 0 Å². The topological polar surface area (TPSA) is 58.2 Å². The summed E-state index contributed by atoms with van der Waals surface area (Å²) in [7, 11) is -1.73. The van der Waals surface area contributed by atoms with Gasteiger partial charge in [0.2, 0.25) is 10.0 Å². The summed E-state index contributed by atoms with van der Waals surface area (Å²) in [5.41, 5.74) is 0. The van der Waals surface area contributed by atoms with Crippen LogP contribution in [0.15, 0.2) is 29.2 Å². The van der Waals surface area contributed by atoms with E-state index in [1.807, 2.05) is 0 Å². The Morgan fingerprint density at radius 2 is 1.93 bits per heavy atom. The zero-order valence-electron chi connectivity index (χ0n) is 8.33. The number of halogens is 1. The van der Waals surface area contributed by atoms with Gasteiger partial charge in [-0.05, 0) is 19.2 Å². The highest BCUT2D eigenvalue weighted by Crippen LogP contribution is 2.19. The van der Waals surface area contributed by atoms with Crippen LogP contribution in [0.4, 0.5) is 0 Å². The van der Waals surface area contributed by atoms with E-state index in [0.29, 0.717) is 13.1 Å². The number of nitrogens with one attached hydrogen (secondary N) is 2. The van der Waals surface area contributed by atoms with Gasteiger partial charge in [0.05, 0.1) is 5.02 Å². The smallest absolute Gasteiger partial charge is 0.242 e. The first-order chi connectivity index (χ1) is 7.08. The highest BCUT2D eigenvalue weighted by Gasteiger charge is 2.15. The second-order valence-corrected chi connectivity index (χ2v) is 5.07. The van der Waals surface area contributed by atoms with E-state index in [1.165, 1.54) is 6.07 Å². The molecule has 0 saturated heterocycles. The van der Waals surface area contributed by atoms with E-state index in [0.717, 1.165) is 0 Å². The van der Waals surface area contributed by atoms with Crippen molar-refractivity contribution in [1.29, 1.82) is 0 Å². The van der Waals surface area contributed by atoms with Crippen molar-refractivity contribution in [1.82, 2.24) is 10.0 Å². The molecular formula is C9H13ClN2O2S. The van der Waals surface area contributed by atoms with Gasteiger partial charge in [-0.3, -0.25) is 0 Å². The second kappa shape index (κ2) is 5.46. The molecule has 15 heavy (non-hydrogen) atoms. The third kappa shape index (κ3) is 3.46. The maximum absolute atomic E-state index is 11.7. The molecule has 0 amide bonds. The first-order valence-electron chi connectivity index (χ1n) is 4.47. The van der Waals surface area contributed by atoms with Gasteiger partial charge in [-0.2, -0.15) is 0 Å². The molecule has 0 atom stereocenters. The lowest BCUT2D eigenvalue weighted by atomic mass is 10.4. The molecule has 0 radical (unpaired) electrons. The van der Waals surface area contributed by atoms with Crippen LogP contribution in [0.3, 0.4) is 0 Å². The summed E-state index contributed by atoms with van der Waals surface area (Å²) >= 11 is 5.79. The first-order valence-corrected chi connectivity index (χ1v) is 6.33. The molecule has 84 valence electrons. The van der Waals surface area contributed by atoms with Crippen LogP contribution in [0.5, 0.6) is 0 Å². The molecular weight excluding hydrogens is 236 g/mol. The van der Waals surface area contributed by atoms with Crippen molar-refractivity contribution in [2.24, 2.45) is 0 Å². The van der Waals surface area contributed by atoms with E-state index in [-0.39, 0.29) is 9.92 Å². The predicted octanol–water partition coefficient (Wildman–Crippen LogP) is 0.838. The van der Waals surface area contributed by atoms with Crippen LogP contribution in [-0.2, 0) is 10.0 Å². The summed E-state index contributed by atoms with van der Waals surface area (Å²) in [6.07, 6.45) is 0. The summed E-state index contributed by atoms with van der Waals surface area (Å²) in [5.74, 6) is 0. The lowest BCUT2D eigenvalue weighted by Crippen LogP contribution is -2.30.